The smallest absolute Gasteiger partial charge is 0.256 e. The molecule has 0 spiro atoms. The van der Waals surface area contributed by atoms with Crippen LogP contribution in [0.3, 0.4) is 0 Å². The summed E-state index contributed by atoms with van der Waals surface area (Å²) >= 11 is 1.52. The van der Waals surface area contributed by atoms with Gasteiger partial charge in [0.15, 0.2) is 0 Å². The first-order valence-corrected chi connectivity index (χ1v) is 10.9. The van der Waals surface area contributed by atoms with Crippen LogP contribution < -0.4 is 10.6 Å². The number of anilines is 1. The second kappa shape index (κ2) is 8.68. The molecule has 0 fully saturated rings. The van der Waals surface area contributed by atoms with Crippen molar-refractivity contribution in [3.8, 4) is 5.69 Å². The monoisotopic (exact) mass is 441 g/mol. The Morgan fingerprint density at radius 1 is 0.969 bits per heavy atom. The quantitative estimate of drug-likeness (QED) is 0.489. The molecule has 2 amide bonds. The maximum Gasteiger partial charge on any atom is 0.256 e. The molecule has 4 aromatic rings. The van der Waals surface area contributed by atoms with Gasteiger partial charge in [-0.05, 0) is 54.4 Å². The molecule has 2 N–H and O–H groups in total. The molecule has 0 saturated heterocycles. The molecule has 1 aromatic heterocycles. The van der Waals surface area contributed by atoms with Crippen LogP contribution in [0, 0.1) is 0 Å². The van der Waals surface area contributed by atoms with Gasteiger partial charge >= 0.3 is 0 Å². The first-order chi connectivity index (χ1) is 15.7. The Morgan fingerprint density at radius 3 is 2.56 bits per heavy atom. The molecular weight excluding hydrogens is 422 g/mol. The topological polar surface area (TPSA) is 88.9 Å². The zero-order chi connectivity index (χ0) is 21.9. The van der Waals surface area contributed by atoms with Crippen molar-refractivity contribution in [1.82, 2.24) is 20.1 Å². The summed E-state index contributed by atoms with van der Waals surface area (Å²) in [6.07, 6.45) is 4.01. The average Bonchev–Trinajstić information content (AvgIpc) is 3.31. The Morgan fingerprint density at radius 2 is 1.75 bits per heavy atom. The maximum absolute atomic E-state index is 12.7. The van der Waals surface area contributed by atoms with Crippen molar-refractivity contribution < 1.29 is 9.59 Å². The van der Waals surface area contributed by atoms with Gasteiger partial charge in [0.1, 0.15) is 12.7 Å². The molecule has 1 aliphatic heterocycles. The predicted octanol–water partition coefficient (Wildman–Crippen LogP) is 3.96. The van der Waals surface area contributed by atoms with Gasteiger partial charge in [-0.2, -0.15) is 0 Å². The van der Waals surface area contributed by atoms with Gasteiger partial charge in [0.05, 0.1) is 11.3 Å². The summed E-state index contributed by atoms with van der Waals surface area (Å²) in [4.78, 5) is 27.0. The highest BCUT2D eigenvalue weighted by Gasteiger charge is 2.20. The van der Waals surface area contributed by atoms with Crippen molar-refractivity contribution in [3.05, 3.63) is 96.1 Å². The molecule has 0 radical (unpaired) electrons. The summed E-state index contributed by atoms with van der Waals surface area (Å²) in [7, 11) is 0. The van der Waals surface area contributed by atoms with E-state index in [1.807, 2.05) is 53.1 Å². The molecule has 0 aliphatic carbocycles. The second-order valence-electron chi connectivity index (χ2n) is 7.30. The SMILES string of the molecule is O=C(NCCc1ccc(-n2cnnc2)cc1)c1ccc2c(c1)NC(=O)c1ccccc1S2. The third-order valence-electron chi connectivity index (χ3n) is 5.19. The number of fused-ring (bicyclic) bond motifs is 2. The van der Waals surface area contributed by atoms with Crippen LogP contribution in [0.2, 0.25) is 0 Å². The summed E-state index contributed by atoms with van der Waals surface area (Å²) in [6, 6.07) is 20.9. The highest BCUT2D eigenvalue weighted by Crippen LogP contribution is 2.38. The number of carbonyl (C=O) groups excluding carboxylic acids is 2. The van der Waals surface area contributed by atoms with Crippen LogP contribution in [-0.2, 0) is 6.42 Å². The van der Waals surface area contributed by atoms with Crippen molar-refractivity contribution in [2.75, 3.05) is 11.9 Å². The van der Waals surface area contributed by atoms with Gasteiger partial charge in [-0.1, -0.05) is 36.0 Å². The molecule has 0 saturated carbocycles. The van der Waals surface area contributed by atoms with Gasteiger partial charge in [-0.3, -0.25) is 14.2 Å². The van der Waals surface area contributed by atoms with E-state index in [-0.39, 0.29) is 11.8 Å². The van der Waals surface area contributed by atoms with Gasteiger partial charge in [0.2, 0.25) is 0 Å². The number of carbonyl (C=O) groups is 2. The lowest BCUT2D eigenvalue weighted by Crippen LogP contribution is -2.25. The fourth-order valence-electron chi connectivity index (χ4n) is 3.50. The summed E-state index contributed by atoms with van der Waals surface area (Å²) in [5, 5.41) is 13.5. The lowest BCUT2D eigenvalue weighted by Gasteiger charge is -2.10. The van der Waals surface area contributed by atoms with E-state index in [9.17, 15) is 9.59 Å². The summed E-state index contributed by atoms with van der Waals surface area (Å²) in [5.41, 5.74) is 3.89. The number of benzene rings is 3. The van der Waals surface area contributed by atoms with E-state index in [0.29, 0.717) is 29.8 Å². The van der Waals surface area contributed by atoms with E-state index in [1.165, 1.54) is 11.8 Å². The minimum absolute atomic E-state index is 0.167. The highest BCUT2D eigenvalue weighted by atomic mass is 32.2. The van der Waals surface area contributed by atoms with Crippen LogP contribution in [-0.4, -0.2) is 33.1 Å². The van der Waals surface area contributed by atoms with E-state index < -0.39 is 0 Å². The summed E-state index contributed by atoms with van der Waals surface area (Å²) in [5.74, 6) is -0.339. The van der Waals surface area contributed by atoms with Gasteiger partial charge in [-0.15, -0.1) is 10.2 Å². The number of hydrogen-bond donors (Lipinski definition) is 2. The standard InChI is InChI=1S/C24H19N5O2S/c30-23(25-12-11-16-5-8-18(9-6-16)29-14-26-27-15-29)17-7-10-22-20(13-17)28-24(31)19-3-1-2-4-21(19)32-22/h1-10,13-15H,11-12H2,(H,25,30)(H,28,31). The lowest BCUT2D eigenvalue weighted by molar-refractivity contribution is 0.0952. The van der Waals surface area contributed by atoms with E-state index in [4.69, 9.17) is 0 Å². The first kappa shape index (κ1) is 20.0. The van der Waals surface area contributed by atoms with Crippen LogP contribution in [0.4, 0.5) is 5.69 Å². The van der Waals surface area contributed by atoms with Gasteiger partial charge in [-0.25, -0.2) is 0 Å². The number of nitrogens with one attached hydrogen (secondary N) is 2. The second-order valence-corrected chi connectivity index (χ2v) is 8.39. The number of hydrogen-bond acceptors (Lipinski definition) is 5. The Balaban J connectivity index is 1.22. The predicted molar refractivity (Wildman–Crippen MR) is 122 cm³/mol. The minimum Gasteiger partial charge on any atom is -0.352 e. The van der Waals surface area contributed by atoms with Gasteiger partial charge < -0.3 is 10.6 Å². The van der Waals surface area contributed by atoms with Gasteiger partial charge in [0.25, 0.3) is 11.8 Å². The lowest BCUT2D eigenvalue weighted by atomic mass is 10.1. The van der Waals surface area contributed by atoms with E-state index >= 15 is 0 Å². The van der Waals surface area contributed by atoms with E-state index in [2.05, 4.69) is 20.8 Å². The molecule has 0 atom stereocenters. The molecule has 0 bridgehead atoms. The minimum atomic E-state index is -0.171. The van der Waals surface area contributed by atoms with Crippen LogP contribution >= 0.6 is 11.8 Å². The van der Waals surface area contributed by atoms with E-state index in [0.717, 1.165) is 21.0 Å². The zero-order valence-electron chi connectivity index (χ0n) is 17.0. The Kier molecular flexibility index (Phi) is 5.43. The molecule has 0 unspecified atom stereocenters. The van der Waals surface area contributed by atoms with Crippen LogP contribution in [0.5, 0.6) is 0 Å². The molecule has 7 nitrogen and oxygen atoms in total. The maximum atomic E-state index is 12.7. The summed E-state index contributed by atoms with van der Waals surface area (Å²) < 4.78 is 1.83. The number of amides is 2. The number of aromatic nitrogens is 3. The molecule has 1 aliphatic rings. The first-order valence-electron chi connectivity index (χ1n) is 10.1. The number of nitrogens with zero attached hydrogens (tertiary/aromatic N) is 3. The van der Waals surface area contributed by atoms with Crippen molar-refractivity contribution >= 4 is 29.3 Å². The fourth-order valence-corrected chi connectivity index (χ4v) is 4.51. The van der Waals surface area contributed by atoms with E-state index in [1.54, 1.807) is 30.9 Å². The van der Waals surface area contributed by atoms with Crippen molar-refractivity contribution in [2.24, 2.45) is 0 Å². The molecule has 2 heterocycles. The molecule has 158 valence electrons. The van der Waals surface area contributed by atoms with Crippen molar-refractivity contribution in [2.45, 2.75) is 16.2 Å². The normalized spacial score (nSPS) is 12.3. The molecule has 32 heavy (non-hydrogen) atoms. The molecular formula is C24H19N5O2S. The largest absolute Gasteiger partial charge is 0.352 e. The van der Waals surface area contributed by atoms with Crippen molar-refractivity contribution in [3.63, 3.8) is 0 Å². The van der Waals surface area contributed by atoms with Crippen LogP contribution in [0.15, 0.2) is 89.2 Å². The highest BCUT2D eigenvalue weighted by molar-refractivity contribution is 7.99. The Hall–Kier alpha value is -3.91. The molecule has 3 aromatic carbocycles. The average molecular weight is 442 g/mol. The number of rotatable bonds is 5. The third kappa shape index (κ3) is 4.13. The summed E-state index contributed by atoms with van der Waals surface area (Å²) in [6.45, 7) is 0.508. The van der Waals surface area contributed by atoms with Crippen LogP contribution in [0.1, 0.15) is 26.3 Å². The Bertz CT molecular complexity index is 1290. The van der Waals surface area contributed by atoms with Crippen LogP contribution in [0.25, 0.3) is 5.69 Å². The Labute approximate surface area is 188 Å². The van der Waals surface area contributed by atoms with Gasteiger partial charge in [0, 0.05) is 27.6 Å². The molecule has 8 heteroatoms. The fraction of sp³-hybridized carbons (Fsp3) is 0.0833. The van der Waals surface area contributed by atoms with Crippen molar-refractivity contribution in [1.29, 1.82) is 0 Å². The zero-order valence-corrected chi connectivity index (χ0v) is 17.8. The third-order valence-corrected chi connectivity index (χ3v) is 6.35. The molecule has 5 rings (SSSR count).